The molecule has 4 N–H and O–H groups in total. The van der Waals surface area contributed by atoms with Crippen molar-refractivity contribution >= 4 is 11.9 Å². The van der Waals surface area contributed by atoms with Crippen molar-refractivity contribution in [3.8, 4) is 0 Å². The minimum atomic E-state index is -0.401. The molecule has 0 saturated carbocycles. The Morgan fingerprint density at radius 3 is 2.67 bits per heavy atom. The quantitative estimate of drug-likeness (QED) is 0.680. The zero-order valence-electron chi connectivity index (χ0n) is 13.5. The Morgan fingerprint density at radius 2 is 2.05 bits per heavy atom. The first-order chi connectivity index (χ1) is 9.88. The van der Waals surface area contributed by atoms with Gasteiger partial charge < -0.3 is 11.1 Å². The molecule has 6 nitrogen and oxygen atoms in total. The molecule has 1 saturated heterocycles. The smallest absolute Gasteiger partial charge is 0.321 e. The van der Waals surface area contributed by atoms with Gasteiger partial charge in [-0.1, -0.05) is 13.8 Å². The fraction of sp³-hybridized carbons (Fsp3) is 0.867. The number of imide groups is 1. The van der Waals surface area contributed by atoms with Crippen LogP contribution in [0.3, 0.4) is 0 Å². The van der Waals surface area contributed by atoms with E-state index in [0.29, 0.717) is 18.4 Å². The van der Waals surface area contributed by atoms with E-state index in [1.165, 1.54) is 0 Å². The molecular formula is C15H30N4O2. The molecule has 2 unspecified atom stereocenters. The van der Waals surface area contributed by atoms with E-state index < -0.39 is 6.03 Å². The van der Waals surface area contributed by atoms with Crippen molar-refractivity contribution in [1.29, 1.82) is 0 Å². The summed E-state index contributed by atoms with van der Waals surface area (Å²) >= 11 is 0. The highest BCUT2D eigenvalue weighted by atomic mass is 16.2. The zero-order chi connectivity index (χ0) is 15.8. The first kappa shape index (κ1) is 17.9. The summed E-state index contributed by atoms with van der Waals surface area (Å²) in [6, 6.07) is -0.253. The lowest BCUT2D eigenvalue weighted by atomic mass is 9.92. The third-order valence-corrected chi connectivity index (χ3v) is 3.91. The topological polar surface area (TPSA) is 87.5 Å². The van der Waals surface area contributed by atoms with Gasteiger partial charge in [-0.05, 0) is 44.6 Å². The van der Waals surface area contributed by atoms with E-state index in [4.69, 9.17) is 5.73 Å². The minimum Gasteiger partial charge on any atom is -0.338 e. The van der Waals surface area contributed by atoms with Gasteiger partial charge in [0, 0.05) is 19.1 Å². The first-order valence-electron chi connectivity index (χ1n) is 7.94. The fourth-order valence-corrected chi connectivity index (χ4v) is 2.55. The van der Waals surface area contributed by atoms with Crippen LogP contribution in [-0.4, -0.2) is 49.1 Å². The molecule has 0 bridgehead atoms. The number of rotatable bonds is 6. The number of nitrogens with zero attached hydrogens (tertiary/aromatic N) is 1. The maximum Gasteiger partial charge on any atom is 0.321 e. The van der Waals surface area contributed by atoms with Crippen LogP contribution in [0.1, 0.15) is 40.0 Å². The van der Waals surface area contributed by atoms with Crippen LogP contribution < -0.4 is 16.4 Å². The van der Waals surface area contributed by atoms with E-state index in [-0.39, 0.29) is 18.5 Å². The molecule has 122 valence electrons. The van der Waals surface area contributed by atoms with E-state index >= 15 is 0 Å². The summed E-state index contributed by atoms with van der Waals surface area (Å²) in [6.45, 7) is 8.78. The molecule has 0 aromatic carbocycles. The Labute approximate surface area is 127 Å². The van der Waals surface area contributed by atoms with Gasteiger partial charge in [0.15, 0.2) is 0 Å². The van der Waals surface area contributed by atoms with Gasteiger partial charge in [0.25, 0.3) is 0 Å². The summed E-state index contributed by atoms with van der Waals surface area (Å²) in [6.07, 6.45) is 3.08. The standard InChI is InChI=1S/C15H30N4O2/c1-11(2)6-7-17-15(21)18-14(20)10-19-8-4-5-13(9-19)12(3)16/h11-13H,4-10,16H2,1-3H3,(H2,17,18,20,21). The van der Waals surface area contributed by atoms with E-state index in [0.717, 1.165) is 32.4 Å². The van der Waals surface area contributed by atoms with E-state index in [1.54, 1.807) is 0 Å². The Hall–Kier alpha value is -1.14. The monoisotopic (exact) mass is 298 g/mol. The molecule has 1 fully saturated rings. The molecule has 0 aliphatic carbocycles. The Bertz CT molecular complexity index is 345. The van der Waals surface area contributed by atoms with Crippen LogP contribution in [0.5, 0.6) is 0 Å². The maximum absolute atomic E-state index is 11.9. The van der Waals surface area contributed by atoms with E-state index in [2.05, 4.69) is 29.4 Å². The van der Waals surface area contributed by atoms with Crippen molar-refractivity contribution in [3.05, 3.63) is 0 Å². The van der Waals surface area contributed by atoms with Gasteiger partial charge in [0.05, 0.1) is 6.54 Å². The second-order valence-electron chi connectivity index (χ2n) is 6.48. The number of carbonyl (C=O) groups excluding carboxylic acids is 2. The van der Waals surface area contributed by atoms with Crippen LogP contribution in [-0.2, 0) is 4.79 Å². The van der Waals surface area contributed by atoms with Gasteiger partial charge >= 0.3 is 6.03 Å². The van der Waals surface area contributed by atoms with Gasteiger partial charge in [-0.3, -0.25) is 15.0 Å². The van der Waals surface area contributed by atoms with Gasteiger partial charge in [-0.2, -0.15) is 0 Å². The second-order valence-corrected chi connectivity index (χ2v) is 6.48. The van der Waals surface area contributed by atoms with Crippen LogP contribution in [0, 0.1) is 11.8 Å². The largest absolute Gasteiger partial charge is 0.338 e. The number of piperidine rings is 1. The highest BCUT2D eigenvalue weighted by Crippen LogP contribution is 2.18. The van der Waals surface area contributed by atoms with Crippen molar-refractivity contribution in [2.45, 2.75) is 46.1 Å². The summed E-state index contributed by atoms with van der Waals surface area (Å²) < 4.78 is 0. The SMILES string of the molecule is CC(C)CCNC(=O)NC(=O)CN1CCCC(C(C)N)C1. The van der Waals surface area contributed by atoms with Gasteiger partial charge in [0.1, 0.15) is 0 Å². The molecule has 0 radical (unpaired) electrons. The van der Waals surface area contributed by atoms with Gasteiger partial charge in [-0.25, -0.2) is 4.79 Å². The Balaban J connectivity index is 2.25. The zero-order valence-corrected chi connectivity index (χ0v) is 13.5. The molecule has 1 aliphatic heterocycles. The molecule has 2 atom stereocenters. The second kappa shape index (κ2) is 9.00. The third kappa shape index (κ3) is 7.43. The van der Waals surface area contributed by atoms with Crippen LogP contribution in [0.15, 0.2) is 0 Å². The summed E-state index contributed by atoms with van der Waals surface area (Å²) in [5.74, 6) is 0.721. The van der Waals surface area contributed by atoms with Crippen molar-refractivity contribution in [2.24, 2.45) is 17.6 Å². The molecule has 3 amide bonds. The summed E-state index contributed by atoms with van der Waals surface area (Å²) in [4.78, 5) is 25.5. The molecule has 1 aliphatic rings. The summed E-state index contributed by atoms with van der Waals surface area (Å²) in [7, 11) is 0. The number of nitrogens with one attached hydrogen (secondary N) is 2. The highest BCUT2D eigenvalue weighted by Gasteiger charge is 2.24. The molecule has 0 spiro atoms. The molecular weight excluding hydrogens is 268 g/mol. The normalized spacial score (nSPS) is 21.1. The minimum absolute atomic E-state index is 0.148. The van der Waals surface area contributed by atoms with E-state index in [9.17, 15) is 9.59 Å². The highest BCUT2D eigenvalue weighted by molar-refractivity contribution is 5.95. The molecule has 1 rings (SSSR count). The molecule has 1 heterocycles. The Kier molecular flexibility index (Phi) is 7.67. The van der Waals surface area contributed by atoms with Crippen LogP contribution in [0.25, 0.3) is 0 Å². The fourth-order valence-electron chi connectivity index (χ4n) is 2.55. The number of hydrogen-bond acceptors (Lipinski definition) is 4. The lowest BCUT2D eigenvalue weighted by molar-refractivity contribution is -0.121. The average molecular weight is 298 g/mol. The predicted molar refractivity (Wildman–Crippen MR) is 83.8 cm³/mol. The number of nitrogens with two attached hydrogens (primary N) is 1. The average Bonchev–Trinajstić information content (AvgIpc) is 2.38. The lowest BCUT2D eigenvalue weighted by Crippen LogP contribution is -2.48. The van der Waals surface area contributed by atoms with Crippen molar-refractivity contribution < 1.29 is 9.59 Å². The van der Waals surface area contributed by atoms with Crippen LogP contribution >= 0.6 is 0 Å². The summed E-state index contributed by atoms with van der Waals surface area (Å²) in [5.41, 5.74) is 5.93. The molecule has 6 heteroatoms. The van der Waals surface area contributed by atoms with Crippen molar-refractivity contribution in [3.63, 3.8) is 0 Å². The molecule has 0 aromatic heterocycles. The first-order valence-corrected chi connectivity index (χ1v) is 7.94. The lowest BCUT2D eigenvalue weighted by Gasteiger charge is -2.34. The van der Waals surface area contributed by atoms with Gasteiger partial charge in [0.2, 0.25) is 5.91 Å². The molecule has 0 aromatic rings. The van der Waals surface area contributed by atoms with Crippen LogP contribution in [0.4, 0.5) is 4.79 Å². The van der Waals surface area contributed by atoms with E-state index in [1.807, 2.05) is 6.92 Å². The predicted octanol–water partition coefficient (Wildman–Crippen LogP) is 0.918. The number of likely N-dealkylation sites (tertiary alicyclic amines) is 1. The van der Waals surface area contributed by atoms with Crippen molar-refractivity contribution in [1.82, 2.24) is 15.5 Å². The molecule has 21 heavy (non-hydrogen) atoms. The third-order valence-electron chi connectivity index (χ3n) is 3.91. The number of hydrogen-bond donors (Lipinski definition) is 3. The number of urea groups is 1. The van der Waals surface area contributed by atoms with Crippen molar-refractivity contribution in [2.75, 3.05) is 26.2 Å². The summed E-state index contributed by atoms with van der Waals surface area (Å²) in [5, 5.41) is 5.08. The van der Waals surface area contributed by atoms with Gasteiger partial charge in [-0.15, -0.1) is 0 Å². The Morgan fingerprint density at radius 1 is 1.33 bits per heavy atom. The number of amides is 3. The number of carbonyl (C=O) groups is 2. The maximum atomic E-state index is 11.9. The van der Waals surface area contributed by atoms with Crippen LogP contribution in [0.2, 0.25) is 0 Å².